The van der Waals surface area contributed by atoms with Gasteiger partial charge in [-0.05, 0) is 42.1 Å². The summed E-state index contributed by atoms with van der Waals surface area (Å²) in [6.07, 6.45) is 1.08. The fourth-order valence-electron chi connectivity index (χ4n) is 2.43. The van der Waals surface area contributed by atoms with E-state index < -0.39 is 10.0 Å². The molecule has 0 fully saturated rings. The third-order valence-electron chi connectivity index (χ3n) is 3.70. The average molecular weight is 406 g/mol. The van der Waals surface area contributed by atoms with Gasteiger partial charge in [0.25, 0.3) is 5.91 Å². The number of thiophene rings is 1. The Morgan fingerprint density at radius 2 is 2.11 bits per heavy atom. The Balaban J connectivity index is 1.71. The van der Waals surface area contributed by atoms with Crippen LogP contribution >= 0.6 is 11.3 Å². The molecule has 2 heterocycles. The number of hydrogen-bond donors (Lipinski definition) is 1. The van der Waals surface area contributed by atoms with E-state index in [-0.39, 0.29) is 12.5 Å². The van der Waals surface area contributed by atoms with E-state index in [4.69, 9.17) is 4.52 Å². The van der Waals surface area contributed by atoms with Gasteiger partial charge in [-0.25, -0.2) is 8.42 Å². The molecule has 1 N–H and O–H groups in total. The van der Waals surface area contributed by atoms with Crippen LogP contribution in [0.5, 0.6) is 0 Å². The number of nitrogens with zero attached hydrogens (tertiary/aromatic N) is 3. The van der Waals surface area contributed by atoms with E-state index >= 15 is 0 Å². The molecule has 0 aliphatic carbocycles. The van der Waals surface area contributed by atoms with Gasteiger partial charge in [-0.15, -0.1) is 11.3 Å². The zero-order chi connectivity index (χ0) is 19.6. The molecule has 1 amide bonds. The predicted octanol–water partition coefficient (Wildman–Crippen LogP) is 2.75. The van der Waals surface area contributed by atoms with Crippen molar-refractivity contribution < 1.29 is 17.7 Å². The Morgan fingerprint density at radius 1 is 1.33 bits per heavy atom. The van der Waals surface area contributed by atoms with E-state index in [2.05, 4.69) is 14.9 Å². The first-order valence-corrected chi connectivity index (χ1v) is 10.7. The van der Waals surface area contributed by atoms with Crippen molar-refractivity contribution in [3.8, 4) is 10.7 Å². The molecule has 3 aromatic rings. The number of nitrogens with one attached hydrogen (secondary N) is 1. The largest absolute Gasteiger partial charge is 0.337 e. The van der Waals surface area contributed by atoms with E-state index in [1.807, 2.05) is 17.5 Å². The highest BCUT2D eigenvalue weighted by molar-refractivity contribution is 7.92. The Hall–Kier alpha value is -2.72. The van der Waals surface area contributed by atoms with Gasteiger partial charge in [0.15, 0.2) is 0 Å². The highest BCUT2D eigenvalue weighted by Gasteiger charge is 2.17. The van der Waals surface area contributed by atoms with Crippen molar-refractivity contribution in [2.45, 2.75) is 13.5 Å². The van der Waals surface area contributed by atoms with Crippen LogP contribution in [0.2, 0.25) is 0 Å². The second-order valence-electron chi connectivity index (χ2n) is 6.05. The SMILES string of the molecule is Cc1cc(C(=O)N(C)Cc2nc(-c3cccs3)no2)ccc1NS(C)(=O)=O. The first-order valence-electron chi connectivity index (χ1n) is 7.93. The molecule has 0 saturated carbocycles. The minimum Gasteiger partial charge on any atom is -0.337 e. The first kappa shape index (κ1) is 19.1. The third kappa shape index (κ3) is 4.72. The quantitative estimate of drug-likeness (QED) is 0.675. The minimum absolute atomic E-state index is 0.166. The summed E-state index contributed by atoms with van der Waals surface area (Å²) < 4.78 is 30.4. The number of rotatable bonds is 6. The van der Waals surface area contributed by atoms with Crippen LogP contribution in [0.25, 0.3) is 10.7 Å². The van der Waals surface area contributed by atoms with Gasteiger partial charge in [-0.1, -0.05) is 11.2 Å². The zero-order valence-electron chi connectivity index (χ0n) is 15.0. The number of hydrogen-bond acceptors (Lipinski definition) is 7. The highest BCUT2D eigenvalue weighted by atomic mass is 32.2. The summed E-state index contributed by atoms with van der Waals surface area (Å²) >= 11 is 1.50. The number of aryl methyl sites for hydroxylation is 1. The van der Waals surface area contributed by atoms with Crippen LogP contribution in [0, 0.1) is 6.92 Å². The molecule has 0 saturated heterocycles. The third-order valence-corrected chi connectivity index (χ3v) is 5.15. The van der Waals surface area contributed by atoms with Crippen LogP contribution < -0.4 is 4.72 Å². The molecular formula is C17H18N4O4S2. The molecule has 10 heteroatoms. The number of carbonyl (C=O) groups excluding carboxylic acids is 1. The Kier molecular flexibility index (Phi) is 5.29. The Bertz CT molecular complexity index is 1060. The lowest BCUT2D eigenvalue weighted by Crippen LogP contribution is -2.26. The molecule has 0 spiro atoms. The van der Waals surface area contributed by atoms with E-state index in [0.717, 1.165) is 11.1 Å². The molecule has 1 aromatic carbocycles. The van der Waals surface area contributed by atoms with Gasteiger partial charge in [0.1, 0.15) is 0 Å². The second kappa shape index (κ2) is 7.49. The van der Waals surface area contributed by atoms with E-state index in [1.54, 1.807) is 32.2 Å². The van der Waals surface area contributed by atoms with E-state index in [0.29, 0.717) is 28.5 Å². The summed E-state index contributed by atoms with van der Waals surface area (Å²) in [7, 11) is -1.74. The molecular weight excluding hydrogens is 388 g/mol. The summed E-state index contributed by atoms with van der Waals surface area (Å²) in [4.78, 5) is 19.3. The summed E-state index contributed by atoms with van der Waals surface area (Å²) in [6.45, 7) is 1.90. The molecule has 0 radical (unpaired) electrons. The van der Waals surface area contributed by atoms with Crippen LogP contribution in [0.1, 0.15) is 21.8 Å². The standard InChI is InChI=1S/C17H18N4O4S2/c1-11-9-12(6-7-13(11)20-27(3,23)24)17(22)21(2)10-15-18-16(19-25-15)14-5-4-8-26-14/h4-9,20H,10H2,1-3H3. The van der Waals surface area contributed by atoms with Gasteiger partial charge in [0.05, 0.1) is 23.4 Å². The van der Waals surface area contributed by atoms with Crippen molar-refractivity contribution in [2.75, 3.05) is 18.0 Å². The molecule has 8 nitrogen and oxygen atoms in total. The van der Waals surface area contributed by atoms with E-state index in [1.165, 1.54) is 16.2 Å². The lowest BCUT2D eigenvalue weighted by molar-refractivity contribution is 0.0769. The monoisotopic (exact) mass is 406 g/mol. The van der Waals surface area contributed by atoms with Gasteiger partial charge >= 0.3 is 0 Å². The van der Waals surface area contributed by atoms with Crippen molar-refractivity contribution in [3.63, 3.8) is 0 Å². The normalized spacial score (nSPS) is 11.4. The van der Waals surface area contributed by atoms with E-state index in [9.17, 15) is 13.2 Å². The number of anilines is 1. The second-order valence-corrected chi connectivity index (χ2v) is 8.75. The number of sulfonamides is 1. The number of carbonyl (C=O) groups is 1. The maximum Gasteiger partial charge on any atom is 0.254 e. The van der Waals surface area contributed by atoms with Crippen LogP contribution in [0.3, 0.4) is 0 Å². The summed E-state index contributed by atoms with van der Waals surface area (Å²) in [6, 6.07) is 8.57. The van der Waals surface area contributed by atoms with Crippen molar-refractivity contribution >= 4 is 33.0 Å². The van der Waals surface area contributed by atoms with Gasteiger partial charge in [0, 0.05) is 12.6 Å². The summed E-state index contributed by atoms with van der Waals surface area (Å²) in [5.74, 6) is 0.592. The minimum atomic E-state index is -3.38. The van der Waals surface area contributed by atoms with Crippen LogP contribution in [-0.4, -0.2) is 42.7 Å². The van der Waals surface area contributed by atoms with Gasteiger partial charge in [0.2, 0.25) is 21.7 Å². The fraction of sp³-hybridized carbons (Fsp3) is 0.235. The number of amides is 1. The molecule has 0 bridgehead atoms. The molecule has 0 aliphatic rings. The highest BCUT2D eigenvalue weighted by Crippen LogP contribution is 2.22. The van der Waals surface area contributed by atoms with Gasteiger partial charge in [-0.2, -0.15) is 4.98 Å². The van der Waals surface area contributed by atoms with Crippen LogP contribution in [0.4, 0.5) is 5.69 Å². The topological polar surface area (TPSA) is 105 Å². The molecule has 0 aliphatic heterocycles. The van der Waals surface area contributed by atoms with Crippen LogP contribution in [-0.2, 0) is 16.6 Å². The number of aromatic nitrogens is 2. The van der Waals surface area contributed by atoms with Gasteiger partial charge in [-0.3, -0.25) is 9.52 Å². The molecule has 0 atom stereocenters. The molecule has 0 unspecified atom stereocenters. The number of benzene rings is 1. The summed E-state index contributed by atoms with van der Waals surface area (Å²) in [5, 5.41) is 5.85. The van der Waals surface area contributed by atoms with Crippen molar-refractivity contribution in [1.29, 1.82) is 0 Å². The Morgan fingerprint density at radius 3 is 2.74 bits per heavy atom. The van der Waals surface area contributed by atoms with Crippen molar-refractivity contribution in [2.24, 2.45) is 0 Å². The molecule has 3 rings (SSSR count). The maximum absolute atomic E-state index is 12.6. The molecule has 2 aromatic heterocycles. The molecule has 142 valence electrons. The maximum atomic E-state index is 12.6. The fourth-order valence-corrected chi connectivity index (χ4v) is 3.71. The van der Waals surface area contributed by atoms with Gasteiger partial charge < -0.3 is 9.42 Å². The van der Waals surface area contributed by atoms with Crippen molar-refractivity contribution in [3.05, 3.63) is 52.7 Å². The smallest absolute Gasteiger partial charge is 0.254 e. The van der Waals surface area contributed by atoms with Crippen molar-refractivity contribution in [1.82, 2.24) is 15.0 Å². The lowest BCUT2D eigenvalue weighted by Gasteiger charge is -2.16. The lowest BCUT2D eigenvalue weighted by atomic mass is 10.1. The predicted molar refractivity (Wildman–Crippen MR) is 103 cm³/mol. The zero-order valence-corrected chi connectivity index (χ0v) is 16.6. The first-order chi connectivity index (χ1) is 12.7. The summed E-state index contributed by atoms with van der Waals surface area (Å²) in [5.41, 5.74) is 1.53. The Labute approximate surface area is 160 Å². The van der Waals surface area contributed by atoms with Crippen LogP contribution in [0.15, 0.2) is 40.2 Å². The average Bonchev–Trinajstić information content (AvgIpc) is 3.26. The molecule has 27 heavy (non-hydrogen) atoms.